The summed E-state index contributed by atoms with van der Waals surface area (Å²) >= 11 is 3.53. The van der Waals surface area contributed by atoms with Crippen molar-refractivity contribution in [1.82, 2.24) is 0 Å². The molecule has 19 heavy (non-hydrogen) atoms. The number of benzene rings is 2. The highest BCUT2D eigenvalue weighted by Crippen LogP contribution is 2.31. The molecule has 2 N–H and O–H groups in total. The highest BCUT2D eigenvalue weighted by molar-refractivity contribution is 9.10. The topological polar surface area (TPSA) is 35.2 Å². The number of halogens is 1. The van der Waals surface area contributed by atoms with Gasteiger partial charge in [0.1, 0.15) is 11.5 Å². The Hall–Kier alpha value is -1.32. The fraction of sp³-hybridized carbons (Fsp3) is 0.250. The Bertz CT molecular complexity index is 593. The van der Waals surface area contributed by atoms with E-state index in [1.807, 2.05) is 38.1 Å². The van der Waals surface area contributed by atoms with Gasteiger partial charge in [0.05, 0.1) is 0 Å². The van der Waals surface area contributed by atoms with Crippen molar-refractivity contribution in [3.05, 3.63) is 57.6 Å². The monoisotopic (exact) mass is 319 g/mol. The average Bonchev–Trinajstić information content (AvgIpc) is 2.33. The molecule has 0 bridgehead atoms. The molecule has 0 spiro atoms. The van der Waals surface area contributed by atoms with Crippen molar-refractivity contribution in [2.24, 2.45) is 5.73 Å². The fourth-order valence-electron chi connectivity index (χ4n) is 1.88. The van der Waals surface area contributed by atoms with Crippen LogP contribution in [0.2, 0.25) is 0 Å². The summed E-state index contributed by atoms with van der Waals surface area (Å²) in [5, 5.41) is 0. The molecule has 2 nitrogen and oxygen atoms in total. The van der Waals surface area contributed by atoms with Gasteiger partial charge in [-0.1, -0.05) is 34.1 Å². The van der Waals surface area contributed by atoms with Crippen LogP contribution in [-0.4, -0.2) is 0 Å². The van der Waals surface area contributed by atoms with Crippen LogP contribution in [0.3, 0.4) is 0 Å². The van der Waals surface area contributed by atoms with E-state index in [1.54, 1.807) is 0 Å². The van der Waals surface area contributed by atoms with Gasteiger partial charge in [0.2, 0.25) is 0 Å². The maximum Gasteiger partial charge on any atom is 0.130 e. The molecule has 2 rings (SSSR count). The third-order valence-corrected chi connectivity index (χ3v) is 3.72. The van der Waals surface area contributed by atoms with E-state index in [0.29, 0.717) is 0 Å². The zero-order valence-electron chi connectivity index (χ0n) is 11.4. The summed E-state index contributed by atoms with van der Waals surface area (Å²) in [6, 6.07) is 12.1. The lowest BCUT2D eigenvalue weighted by Crippen LogP contribution is -2.05. The quantitative estimate of drug-likeness (QED) is 0.875. The predicted octanol–water partition coefficient (Wildman–Crippen LogP) is 4.88. The van der Waals surface area contributed by atoms with Crippen LogP contribution in [-0.2, 0) is 0 Å². The Morgan fingerprint density at radius 2 is 1.84 bits per heavy atom. The second kappa shape index (κ2) is 5.76. The van der Waals surface area contributed by atoms with E-state index in [-0.39, 0.29) is 6.04 Å². The first kappa shape index (κ1) is 14.1. The average molecular weight is 320 g/mol. The highest BCUT2D eigenvalue weighted by Gasteiger charge is 2.08. The van der Waals surface area contributed by atoms with E-state index in [1.165, 1.54) is 5.56 Å². The lowest BCUT2D eigenvalue weighted by atomic mass is 10.1. The SMILES string of the molecule is Cc1ccc(C)c(Oc2ccc(C(C)N)c(Br)c2)c1. The molecular formula is C16H18BrNO. The molecule has 0 amide bonds. The third-order valence-electron chi connectivity index (χ3n) is 3.03. The summed E-state index contributed by atoms with van der Waals surface area (Å²) in [4.78, 5) is 0. The molecule has 0 heterocycles. The normalized spacial score (nSPS) is 12.3. The van der Waals surface area contributed by atoms with Crippen molar-refractivity contribution in [3.63, 3.8) is 0 Å². The first-order valence-electron chi connectivity index (χ1n) is 6.27. The molecular weight excluding hydrogens is 302 g/mol. The smallest absolute Gasteiger partial charge is 0.130 e. The van der Waals surface area contributed by atoms with Crippen LogP contribution >= 0.6 is 15.9 Å². The number of hydrogen-bond donors (Lipinski definition) is 1. The zero-order chi connectivity index (χ0) is 14.0. The number of nitrogens with two attached hydrogens (primary N) is 1. The zero-order valence-corrected chi connectivity index (χ0v) is 13.0. The lowest BCUT2D eigenvalue weighted by Gasteiger charge is -2.13. The Labute approximate surface area is 122 Å². The van der Waals surface area contributed by atoms with E-state index >= 15 is 0 Å². The molecule has 1 unspecified atom stereocenters. The number of aryl methyl sites for hydroxylation is 2. The summed E-state index contributed by atoms with van der Waals surface area (Å²) in [6.07, 6.45) is 0. The molecule has 2 aromatic carbocycles. The predicted molar refractivity (Wildman–Crippen MR) is 82.7 cm³/mol. The second-order valence-electron chi connectivity index (χ2n) is 4.84. The number of rotatable bonds is 3. The maximum absolute atomic E-state index is 5.93. The van der Waals surface area contributed by atoms with Crippen molar-refractivity contribution in [2.45, 2.75) is 26.8 Å². The van der Waals surface area contributed by atoms with Crippen LogP contribution < -0.4 is 10.5 Å². The Balaban J connectivity index is 2.29. The van der Waals surface area contributed by atoms with Gasteiger partial charge in [0, 0.05) is 10.5 Å². The molecule has 0 aliphatic carbocycles. The summed E-state index contributed by atoms with van der Waals surface area (Å²) in [7, 11) is 0. The van der Waals surface area contributed by atoms with Crippen molar-refractivity contribution < 1.29 is 4.74 Å². The molecule has 100 valence electrons. The van der Waals surface area contributed by atoms with Gasteiger partial charge in [-0.2, -0.15) is 0 Å². The summed E-state index contributed by atoms with van der Waals surface area (Å²) in [5.41, 5.74) is 9.28. The van der Waals surface area contributed by atoms with E-state index in [9.17, 15) is 0 Å². The molecule has 0 saturated heterocycles. The van der Waals surface area contributed by atoms with Crippen LogP contribution in [0.15, 0.2) is 40.9 Å². The van der Waals surface area contributed by atoms with Gasteiger partial charge in [-0.05, 0) is 55.7 Å². The van der Waals surface area contributed by atoms with Crippen molar-refractivity contribution in [2.75, 3.05) is 0 Å². The van der Waals surface area contributed by atoms with E-state index in [4.69, 9.17) is 10.5 Å². The Morgan fingerprint density at radius 3 is 2.47 bits per heavy atom. The minimum Gasteiger partial charge on any atom is -0.457 e. The van der Waals surface area contributed by atoms with Gasteiger partial charge < -0.3 is 10.5 Å². The maximum atomic E-state index is 5.93. The van der Waals surface area contributed by atoms with Gasteiger partial charge >= 0.3 is 0 Å². The first-order chi connectivity index (χ1) is 8.97. The summed E-state index contributed by atoms with van der Waals surface area (Å²) in [6.45, 7) is 6.06. The second-order valence-corrected chi connectivity index (χ2v) is 5.70. The first-order valence-corrected chi connectivity index (χ1v) is 7.07. The van der Waals surface area contributed by atoms with Crippen molar-refractivity contribution in [1.29, 1.82) is 0 Å². The minimum atomic E-state index is 0.00382. The van der Waals surface area contributed by atoms with E-state index in [0.717, 1.165) is 27.1 Å². The molecule has 0 fully saturated rings. The van der Waals surface area contributed by atoms with Crippen LogP contribution in [0.4, 0.5) is 0 Å². The molecule has 2 aromatic rings. The lowest BCUT2D eigenvalue weighted by molar-refractivity contribution is 0.477. The third kappa shape index (κ3) is 3.37. The van der Waals surface area contributed by atoms with Crippen LogP contribution in [0.25, 0.3) is 0 Å². The highest BCUT2D eigenvalue weighted by atomic mass is 79.9. The van der Waals surface area contributed by atoms with E-state index < -0.39 is 0 Å². The summed E-state index contributed by atoms with van der Waals surface area (Å²) in [5.74, 6) is 1.70. The van der Waals surface area contributed by atoms with Crippen LogP contribution in [0, 0.1) is 13.8 Å². The molecule has 3 heteroatoms. The van der Waals surface area contributed by atoms with Crippen molar-refractivity contribution >= 4 is 15.9 Å². The van der Waals surface area contributed by atoms with E-state index in [2.05, 4.69) is 35.0 Å². The molecule has 0 saturated carbocycles. The number of hydrogen-bond acceptors (Lipinski definition) is 2. The van der Waals surface area contributed by atoms with Gasteiger partial charge in [0.15, 0.2) is 0 Å². The van der Waals surface area contributed by atoms with Crippen molar-refractivity contribution in [3.8, 4) is 11.5 Å². The fourth-order valence-corrected chi connectivity index (χ4v) is 2.60. The Morgan fingerprint density at radius 1 is 1.11 bits per heavy atom. The summed E-state index contributed by atoms with van der Waals surface area (Å²) < 4.78 is 6.91. The molecule has 0 radical (unpaired) electrons. The standard InChI is InChI=1S/C16H18BrNO/c1-10-4-5-11(2)16(8-10)19-13-6-7-14(12(3)18)15(17)9-13/h4-9,12H,18H2,1-3H3. The van der Waals surface area contributed by atoms with Gasteiger partial charge in [0.25, 0.3) is 0 Å². The molecule has 0 aliphatic rings. The van der Waals surface area contributed by atoms with Gasteiger partial charge in [-0.3, -0.25) is 0 Å². The van der Waals surface area contributed by atoms with Crippen LogP contribution in [0.1, 0.15) is 29.7 Å². The van der Waals surface area contributed by atoms with Gasteiger partial charge in [-0.15, -0.1) is 0 Å². The minimum absolute atomic E-state index is 0.00382. The molecule has 0 aromatic heterocycles. The molecule has 1 atom stereocenters. The Kier molecular flexibility index (Phi) is 4.27. The van der Waals surface area contributed by atoms with Gasteiger partial charge in [-0.25, -0.2) is 0 Å². The number of ether oxygens (including phenoxy) is 1. The van der Waals surface area contributed by atoms with Crippen LogP contribution in [0.5, 0.6) is 11.5 Å². The largest absolute Gasteiger partial charge is 0.457 e. The molecule has 0 aliphatic heterocycles.